The summed E-state index contributed by atoms with van der Waals surface area (Å²) in [6.07, 6.45) is 5.60. The molecule has 3 heteroatoms. The number of carbonyl (C=O) groups excluding carboxylic acids is 1. The number of hydrogen-bond acceptors (Lipinski definition) is 2. The van der Waals surface area contributed by atoms with Crippen molar-refractivity contribution in [2.24, 2.45) is 5.92 Å². The minimum absolute atomic E-state index is 0.106. The largest absolute Gasteiger partial charge is 0.395 e. The molecule has 0 unspecified atom stereocenters. The Morgan fingerprint density at radius 1 is 1.31 bits per heavy atom. The van der Waals surface area contributed by atoms with Crippen LogP contribution >= 0.6 is 0 Å². The van der Waals surface area contributed by atoms with Gasteiger partial charge in [-0.1, -0.05) is 6.42 Å². The van der Waals surface area contributed by atoms with Crippen molar-refractivity contribution in [2.75, 3.05) is 13.2 Å². The van der Waals surface area contributed by atoms with Crippen LogP contribution in [0.25, 0.3) is 0 Å². The quantitative estimate of drug-likeness (QED) is 0.699. The lowest BCUT2D eigenvalue weighted by Crippen LogP contribution is -2.41. The van der Waals surface area contributed by atoms with Gasteiger partial charge in [0.05, 0.1) is 6.61 Å². The number of aliphatic hydroxyl groups is 1. The topological polar surface area (TPSA) is 40.5 Å². The van der Waals surface area contributed by atoms with Crippen LogP contribution in [0.3, 0.4) is 0 Å². The van der Waals surface area contributed by atoms with Crippen LogP contribution in [0.15, 0.2) is 0 Å². The lowest BCUT2D eigenvalue weighted by Gasteiger charge is -2.31. The van der Waals surface area contributed by atoms with Crippen LogP contribution < -0.4 is 0 Å². The minimum Gasteiger partial charge on any atom is -0.395 e. The summed E-state index contributed by atoms with van der Waals surface area (Å²) >= 11 is 0. The Morgan fingerprint density at radius 2 is 2.00 bits per heavy atom. The van der Waals surface area contributed by atoms with E-state index >= 15 is 0 Å². The molecule has 0 aromatic heterocycles. The van der Waals surface area contributed by atoms with Gasteiger partial charge in [0.2, 0.25) is 5.91 Å². The summed E-state index contributed by atoms with van der Waals surface area (Å²) in [5.74, 6) is 0.579. The first-order chi connectivity index (χ1) is 6.33. The Hall–Kier alpha value is -0.570. The molecule has 0 aromatic rings. The highest BCUT2D eigenvalue weighted by molar-refractivity contribution is 5.80. The smallest absolute Gasteiger partial charge is 0.226 e. The number of hydrogen-bond donors (Lipinski definition) is 1. The van der Waals surface area contributed by atoms with Gasteiger partial charge in [-0.25, -0.2) is 0 Å². The van der Waals surface area contributed by atoms with Gasteiger partial charge < -0.3 is 10.0 Å². The second-order valence-electron chi connectivity index (χ2n) is 4.11. The van der Waals surface area contributed by atoms with E-state index in [2.05, 4.69) is 0 Å². The standard InChI is InChI=1S/C10H17NO2/c12-7-6-11(9-4-5-9)10(13)8-2-1-3-8/h8-9,12H,1-7H2. The normalized spacial score (nSPS) is 22.5. The molecule has 0 heterocycles. The second kappa shape index (κ2) is 3.66. The molecule has 3 nitrogen and oxygen atoms in total. The monoisotopic (exact) mass is 183 g/mol. The van der Waals surface area contributed by atoms with Gasteiger partial charge in [-0.2, -0.15) is 0 Å². The van der Waals surface area contributed by atoms with Gasteiger partial charge in [0, 0.05) is 18.5 Å². The van der Waals surface area contributed by atoms with Gasteiger partial charge in [-0.15, -0.1) is 0 Å². The Balaban J connectivity index is 1.88. The molecule has 0 saturated heterocycles. The Labute approximate surface area is 78.7 Å². The average molecular weight is 183 g/mol. The second-order valence-corrected chi connectivity index (χ2v) is 4.11. The van der Waals surface area contributed by atoms with Gasteiger partial charge in [-0.3, -0.25) is 4.79 Å². The fourth-order valence-electron chi connectivity index (χ4n) is 1.86. The van der Waals surface area contributed by atoms with Crippen LogP contribution in [-0.2, 0) is 4.79 Å². The summed E-state index contributed by atoms with van der Waals surface area (Å²) in [5.41, 5.74) is 0. The zero-order chi connectivity index (χ0) is 9.26. The zero-order valence-corrected chi connectivity index (χ0v) is 7.91. The number of carbonyl (C=O) groups is 1. The van der Waals surface area contributed by atoms with E-state index in [4.69, 9.17) is 5.11 Å². The zero-order valence-electron chi connectivity index (χ0n) is 7.91. The van der Waals surface area contributed by atoms with Crippen molar-refractivity contribution >= 4 is 5.91 Å². The number of amides is 1. The molecule has 0 radical (unpaired) electrons. The first kappa shape index (κ1) is 9.00. The SMILES string of the molecule is O=C(C1CCC1)N(CCO)C1CC1. The lowest BCUT2D eigenvalue weighted by molar-refractivity contribution is -0.139. The Bertz CT molecular complexity index is 197. The molecule has 13 heavy (non-hydrogen) atoms. The fraction of sp³-hybridized carbons (Fsp3) is 0.900. The van der Waals surface area contributed by atoms with Crippen molar-refractivity contribution < 1.29 is 9.90 Å². The third-order valence-corrected chi connectivity index (χ3v) is 3.07. The number of nitrogens with zero attached hydrogens (tertiary/aromatic N) is 1. The van der Waals surface area contributed by atoms with Crippen LogP contribution in [0.1, 0.15) is 32.1 Å². The van der Waals surface area contributed by atoms with Crippen LogP contribution in [0, 0.1) is 5.92 Å². The van der Waals surface area contributed by atoms with Gasteiger partial charge >= 0.3 is 0 Å². The average Bonchev–Trinajstić information content (AvgIpc) is 2.79. The van der Waals surface area contributed by atoms with E-state index in [0.717, 1.165) is 25.7 Å². The summed E-state index contributed by atoms with van der Waals surface area (Å²) in [4.78, 5) is 13.7. The molecule has 2 saturated carbocycles. The molecule has 2 aliphatic carbocycles. The van der Waals surface area contributed by atoms with Gasteiger partial charge in [-0.05, 0) is 25.7 Å². The molecule has 1 amide bonds. The molecule has 0 atom stereocenters. The summed E-state index contributed by atoms with van der Waals surface area (Å²) < 4.78 is 0. The molecule has 2 aliphatic rings. The van der Waals surface area contributed by atoms with Crippen molar-refractivity contribution in [1.82, 2.24) is 4.90 Å². The number of rotatable bonds is 4. The predicted octanol–water partition coefficient (Wildman–Crippen LogP) is 0.770. The van der Waals surface area contributed by atoms with Crippen LogP contribution in [0.5, 0.6) is 0 Å². The van der Waals surface area contributed by atoms with Crippen LogP contribution in [0.2, 0.25) is 0 Å². The first-order valence-corrected chi connectivity index (χ1v) is 5.24. The molecule has 2 rings (SSSR count). The van der Waals surface area contributed by atoms with Crippen LogP contribution in [-0.4, -0.2) is 35.1 Å². The van der Waals surface area contributed by atoms with E-state index in [9.17, 15) is 4.79 Å². The highest BCUT2D eigenvalue weighted by Gasteiger charge is 2.37. The maximum Gasteiger partial charge on any atom is 0.226 e. The molecular weight excluding hydrogens is 166 g/mol. The molecule has 0 spiro atoms. The Kier molecular flexibility index (Phi) is 2.54. The van der Waals surface area contributed by atoms with Gasteiger partial charge in [0.15, 0.2) is 0 Å². The van der Waals surface area contributed by atoms with Crippen molar-refractivity contribution in [3.05, 3.63) is 0 Å². The van der Waals surface area contributed by atoms with Crippen LogP contribution in [0.4, 0.5) is 0 Å². The molecule has 1 N–H and O–H groups in total. The van der Waals surface area contributed by atoms with Crippen molar-refractivity contribution in [1.29, 1.82) is 0 Å². The van der Waals surface area contributed by atoms with E-state index in [1.807, 2.05) is 4.90 Å². The summed E-state index contributed by atoms with van der Waals surface area (Å²) in [5, 5.41) is 8.84. The van der Waals surface area contributed by atoms with Gasteiger partial charge in [0.1, 0.15) is 0 Å². The van der Waals surface area contributed by atoms with E-state index < -0.39 is 0 Å². The third-order valence-electron chi connectivity index (χ3n) is 3.07. The van der Waals surface area contributed by atoms with Crippen molar-refractivity contribution in [3.63, 3.8) is 0 Å². The third kappa shape index (κ3) is 1.85. The van der Waals surface area contributed by atoms with Gasteiger partial charge in [0.25, 0.3) is 0 Å². The van der Waals surface area contributed by atoms with Crippen molar-refractivity contribution in [2.45, 2.75) is 38.1 Å². The molecular formula is C10H17NO2. The highest BCUT2D eigenvalue weighted by atomic mass is 16.3. The molecule has 0 aromatic carbocycles. The van der Waals surface area contributed by atoms with E-state index in [1.165, 1.54) is 6.42 Å². The molecule has 2 fully saturated rings. The molecule has 0 bridgehead atoms. The van der Waals surface area contributed by atoms with E-state index in [-0.39, 0.29) is 12.5 Å². The fourth-order valence-corrected chi connectivity index (χ4v) is 1.86. The molecule has 74 valence electrons. The molecule has 0 aliphatic heterocycles. The van der Waals surface area contributed by atoms with E-state index in [1.54, 1.807) is 0 Å². The maximum atomic E-state index is 11.8. The number of aliphatic hydroxyl groups excluding tert-OH is 1. The summed E-state index contributed by atoms with van der Waals surface area (Å²) in [6, 6.07) is 0.459. The minimum atomic E-state index is 0.106. The summed E-state index contributed by atoms with van der Waals surface area (Å²) in [6.45, 7) is 0.648. The maximum absolute atomic E-state index is 11.8. The van der Waals surface area contributed by atoms with Crippen molar-refractivity contribution in [3.8, 4) is 0 Å². The highest BCUT2D eigenvalue weighted by Crippen LogP contribution is 2.33. The lowest BCUT2D eigenvalue weighted by atomic mass is 9.84. The first-order valence-electron chi connectivity index (χ1n) is 5.24. The summed E-state index contributed by atoms with van der Waals surface area (Å²) in [7, 11) is 0. The Morgan fingerprint density at radius 3 is 2.38 bits per heavy atom. The van der Waals surface area contributed by atoms with E-state index in [0.29, 0.717) is 18.5 Å². The predicted molar refractivity (Wildman–Crippen MR) is 49.2 cm³/mol.